The van der Waals surface area contributed by atoms with Crippen molar-refractivity contribution < 1.29 is 28.6 Å². The first-order chi connectivity index (χ1) is 15.3. The quantitative estimate of drug-likeness (QED) is 0.389. The van der Waals surface area contributed by atoms with Crippen molar-refractivity contribution in [1.29, 1.82) is 0 Å². The second kappa shape index (κ2) is 9.64. The van der Waals surface area contributed by atoms with Crippen LogP contribution in [0.1, 0.15) is 16.1 Å². The van der Waals surface area contributed by atoms with Gasteiger partial charge in [0.2, 0.25) is 0 Å². The summed E-state index contributed by atoms with van der Waals surface area (Å²) in [5.74, 6) is -2.70. The molecule has 0 amide bonds. The fraction of sp³-hybridized carbons (Fsp3) is 0.150. The van der Waals surface area contributed by atoms with E-state index in [0.29, 0.717) is 18.7 Å². The molecule has 10 nitrogen and oxygen atoms in total. The van der Waals surface area contributed by atoms with Crippen molar-refractivity contribution in [2.75, 3.05) is 0 Å². The number of imidazole rings is 1. The summed E-state index contributed by atoms with van der Waals surface area (Å²) in [5, 5.41) is 26.7. The lowest BCUT2D eigenvalue weighted by atomic mass is 10.0. The molecule has 4 aromatic rings. The fourth-order valence-electron chi connectivity index (χ4n) is 3.19. The number of aromatic carboxylic acids is 1. The van der Waals surface area contributed by atoms with E-state index in [1.165, 1.54) is 18.6 Å². The van der Waals surface area contributed by atoms with Crippen LogP contribution in [0.25, 0.3) is 22.5 Å². The third kappa shape index (κ3) is 4.69. The molecule has 3 N–H and O–H groups in total. The molecule has 0 atom stereocenters. The van der Waals surface area contributed by atoms with Gasteiger partial charge in [0.05, 0.1) is 35.7 Å². The zero-order chi connectivity index (χ0) is 23.3. The molecule has 32 heavy (non-hydrogen) atoms. The number of benzene rings is 1. The van der Waals surface area contributed by atoms with Crippen LogP contribution >= 0.6 is 0 Å². The van der Waals surface area contributed by atoms with Crippen molar-refractivity contribution in [3.8, 4) is 22.5 Å². The molecule has 0 spiro atoms. The van der Waals surface area contributed by atoms with Gasteiger partial charge in [-0.3, -0.25) is 14.6 Å². The third-order valence-corrected chi connectivity index (χ3v) is 4.53. The Morgan fingerprint density at radius 3 is 2.62 bits per heavy atom. The molecule has 12 heteroatoms. The summed E-state index contributed by atoms with van der Waals surface area (Å²) in [6.45, 7) is 0.196. The van der Waals surface area contributed by atoms with Gasteiger partial charge in [-0.1, -0.05) is 0 Å². The topological polar surface area (TPSA) is 139 Å². The predicted octanol–water partition coefficient (Wildman–Crippen LogP) is 2.59. The van der Waals surface area contributed by atoms with Crippen LogP contribution < -0.4 is 0 Å². The molecule has 1 aromatic carbocycles. The summed E-state index contributed by atoms with van der Waals surface area (Å²) in [5.41, 5.74) is 1.76. The van der Waals surface area contributed by atoms with Crippen LogP contribution in [0.4, 0.5) is 8.78 Å². The molecule has 0 radical (unpaired) electrons. The molecule has 0 saturated carbocycles. The first-order valence-electron chi connectivity index (χ1n) is 9.18. The average molecular weight is 444 g/mol. The van der Waals surface area contributed by atoms with Gasteiger partial charge in [0, 0.05) is 31.4 Å². The molecule has 0 saturated heterocycles. The van der Waals surface area contributed by atoms with Gasteiger partial charge in [0.1, 0.15) is 11.6 Å². The summed E-state index contributed by atoms with van der Waals surface area (Å²) in [7, 11) is 1.81. The maximum atomic E-state index is 14.4. The Kier molecular flexibility index (Phi) is 6.73. The average Bonchev–Trinajstić information content (AvgIpc) is 3.46. The maximum Gasteiger partial charge on any atom is 0.354 e. The number of nitrogens with one attached hydrogen (secondary N) is 1. The van der Waals surface area contributed by atoms with Gasteiger partial charge in [-0.15, -0.1) is 0 Å². The van der Waals surface area contributed by atoms with Gasteiger partial charge >= 0.3 is 5.97 Å². The SMILES string of the molecule is Cn1cc(CCn2cnc(-c3ccc(F)cc3F)c2-c2cn[nH]c2C(=O)O)cn1.O=CO. The predicted molar refractivity (Wildman–Crippen MR) is 108 cm³/mol. The first kappa shape index (κ1) is 22.3. The van der Waals surface area contributed by atoms with Gasteiger partial charge in [-0.05, 0) is 24.1 Å². The number of rotatable bonds is 6. The van der Waals surface area contributed by atoms with E-state index >= 15 is 0 Å². The van der Waals surface area contributed by atoms with E-state index in [1.807, 2.05) is 13.2 Å². The van der Waals surface area contributed by atoms with E-state index in [-0.39, 0.29) is 29.0 Å². The third-order valence-electron chi connectivity index (χ3n) is 4.53. The fourth-order valence-corrected chi connectivity index (χ4v) is 3.19. The Bertz CT molecular complexity index is 1250. The molecule has 3 aromatic heterocycles. The second-order valence-electron chi connectivity index (χ2n) is 6.60. The lowest BCUT2D eigenvalue weighted by molar-refractivity contribution is -0.122. The highest BCUT2D eigenvalue weighted by molar-refractivity contribution is 5.95. The van der Waals surface area contributed by atoms with Crippen LogP contribution in [0.3, 0.4) is 0 Å². The van der Waals surface area contributed by atoms with Crippen LogP contribution in [0.5, 0.6) is 0 Å². The largest absolute Gasteiger partial charge is 0.483 e. The number of carboxylic acids is 1. The highest BCUT2D eigenvalue weighted by Crippen LogP contribution is 2.34. The van der Waals surface area contributed by atoms with Crippen molar-refractivity contribution in [2.24, 2.45) is 7.05 Å². The lowest BCUT2D eigenvalue weighted by Gasteiger charge is -2.10. The summed E-state index contributed by atoms with van der Waals surface area (Å²) >= 11 is 0. The second-order valence-corrected chi connectivity index (χ2v) is 6.60. The Morgan fingerprint density at radius 2 is 2.00 bits per heavy atom. The van der Waals surface area contributed by atoms with E-state index in [9.17, 15) is 18.7 Å². The minimum atomic E-state index is -1.21. The molecular weight excluding hydrogens is 426 g/mol. The van der Waals surface area contributed by atoms with E-state index in [0.717, 1.165) is 17.7 Å². The maximum absolute atomic E-state index is 14.4. The van der Waals surface area contributed by atoms with Crippen LogP contribution in [-0.4, -0.2) is 52.2 Å². The van der Waals surface area contributed by atoms with Crippen molar-refractivity contribution >= 4 is 12.4 Å². The minimum Gasteiger partial charge on any atom is -0.483 e. The summed E-state index contributed by atoms with van der Waals surface area (Å²) < 4.78 is 31.2. The number of aromatic amines is 1. The molecule has 0 aliphatic carbocycles. The molecule has 0 aliphatic heterocycles. The van der Waals surface area contributed by atoms with Crippen molar-refractivity contribution in [2.45, 2.75) is 13.0 Å². The number of hydrogen-bond acceptors (Lipinski definition) is 5. The highest BCUT2D eigenvalue weighted by atomic mass is 19.1. The van der Waals surface area contributed by atoms with Gasteiger partial charge in [0.15, 0.2) is 5.69 Å². The molecule has 0 bridgehead atoms. The minimum absolute atomic E-state index is 0.0686. The lowest BCUT2D eigenvalue weighted by Crippen LogP contribution is -2.05. The van der Waals surface area contributed by atoms with Crippen LogP contribution in [0.2, 0.25) is 0 Å². The molecule has 0 unspecified atom stereocenters. The molecule has 166 valence electrons. The first-order valence-corrected chi connectivity index (χ1v) is 9.18. The number of H-pyrrole nitrogens is 1. The molecule has 0 aliphatic rings. The normalized spacial score (nSPS) is 10.5. The molecule has 4 rings (SSSR count). The summed E-state index contributed by atoms with van der Waals surface area (Å²) in [6, 6.07) is 3.17. The van der Waals surface area contributed by atoms with Gasteiger partial charge < -0.3 is 14.8 Å². The van der Waals surface area contributed by atoms with Crippen molar-refractivity contribution in [3.05, 3.63) is 66.0 Å². The zero-order valence-electron chi connectivity index (χ0n) is 16.7. The van der Waals surface area contributed by atoms with E-state index < -0.39 is 17.6 Å². The van der Waals surface area contributed by atoms with E-state index in [4.69, 9.17) is 9.90 Å². The van der Waals surface area contributed by atoms with Gasteiger partial charge in [0.25, 0.3) is 6.47 Å². The van der Waals surface area contributed by atoms with Crippen LogP contribution in [0, 0.1) is 11.6 Å². The Balaban J connectivity index is 0.000000913. The number of aromatic nitrogens is 6. The number of nitrogens with zero attached hydrogens (tertiary/aromatic N) is 5. The Morgan fingerprint density at radius 1 is 1.25 bits per heavy atom. The van der Waals surface area contributed by atoms with E-state index in [1.54, 1.807) is 15.4 Å². The van der Waals surface area contributed by atoms with Crippen molar-refractivity contribution in [1.82, 2.24) is 29.5 Å². The van der Waals surface area contributed by atoms with Crippen LogP contribution in [-0.2, 0) is 24.8 Å². The standard InChI is InChI=1S/C19H16F2N6O2.CH2O2/c1-26-9-11(7-24-26)4-5-27-10-22-16(13-3-2-12(20)6-15(13)21)18(27)14-8-23-25-17(14)19(28)29;2-1-3/h2-3,6-10H,4-5H2,1H3,(H,23,25)(H,28,29);1H,(H,2,3). The molecule has 0 fully saturated rings. The zero-order valence-corrected chi connectivity index (χ0v) is 16.7. The highest BCUT2D eigenvalue weighted by Gasteiger charge is 2.24. The monoisotopic (exact) mass is 444 g/mol. The Labute approximate surface area is 179 Å². The van der Waals surface area contributed by atoms with E-state index in [2.05, 4.69) is 20.3 Å². The molecular formula is C20H18F2N6O4. The van der Waals surface area contributed by atoms with Crippen LogP contribution in [0.15, 0.2) is 43.1 Å². The number of carboxylic acid groups (broad SMARTS) is 2. The number of aryl methyl sites for hydroxylation is 3. The number of carbonyl (C=O) groups is 2. The Hall–Kier alpha value is -4.35. The molecule has 3 heterocycles. The summed E-state index contributed by atoms with van der Waals surface area (Å²) in [6.07, 6.45) is 7.06. The van der Waals surface area contributed by atoms with Crippen molar-refractivity contribution in [3.63, 3.8) is 0 Å². The van der Waals surface area contributed by atoms with Gasteiger partial charge in [-0.25, -0.2) is 18.6 Å². The number of halogens is 2. The summed E-state index contributed by atoms with van der Waals surface area (Å²) in [4.78, 5) is 24.3. The smallest absolute Gasteiger partial charge is 0.354 e. The number of hydrogen-bond donors (Lipinski definition) is 3. The van der Waals surface area contributed by atoms with Gasteiger partial charge in [-0.2, -0.15) is 10.2 Å².